The Morgan fingerprint density at radius 3 is 1.10 bits per heavy atom. The minimum Gasteiger partial charge on any atom is -0.462 e. The standard InChI is InChI=1S/C61H96O6/c1-4-7-10-13-16-19-22-24-26-28-30-32-34-36-39-42-45-48-51-54-60(63)66-57-58(56-65-59(62)53-50-47-44-41-38-21-18-15-12-9-6-3)67-61(64)55-52-49-46-43-40-37-35-33-31-29-27-25-23-20-17-14-11-8-5-2/h7-8,10-11,15-21,24-27,30,32,36,38-39,45,48,58H,4-6,9,12-14,22-23,28-29,31,33-35,37,40-44,46-47,49-57H2,1-3H3/b10-7-,11-8-,18-15-,19-16-,20-17-,26-24-,27-25-,32-30-,38-21-,39-36-,48-45-. The van der Waals surface area contributed by atoms with Crippen LogP contribution in [0, 0.1) is 0 Å². The molecule has 0 aromatic rings. The number of allylic oxidation sites excluding steroid dienone is 22. The summed E-state index contributed by atoms with van der Waals surface area (Å²) in [7, 11) is 0. The lowest BCUT2D eigenvalue weighted by molar-refractivity contribution is -0.166. The Hall–Kier alpha value is -4.45. The van der Waals surface area contributed by atoms with Gasteiger partial charge >= 0.3 is 17.9 Å². The van der Waals surface area contributed by atoms with Crippen molar-refractivity contribution in [3.63, 3.8) is 0 Å². The molecule has 0 aromatic heterocycles. The zero-order chi connectivity index (χ0) is 48.6. The van der Waals surface area contributed by atoms with E-state index in [-0.39, 0.29) is 37.5 Å². The van der Waals surface area contributed by atoms with Crippen molar-refractivity contribution >= 4 is 17.9 Å². The van der Waals surface area contributed by atoms with E-state index in [4.69, 9.17) is 14.2 Å². The Labute approximate surface area is 411 Å². The molecule has 376 valence electrons. The number of carbonyl (C=O) groups is 3. The summed E-state index contributed by atoms with van der Waals surface area (Å²) in [5.41, 5.74) is 0. The fourth-order valence-electron chi connectivity index (χ4n) is 6.69. The molecule has 0 aliphatic rings. The maximum absolute atomic E-state index is 12.8. The lowest BCUT2D eigenvalue weighted by Crippen LogP contribution is -2.30. The highest BCUT2D eigenvalue weighted by molar-refractivity contribution is 5.71. The second-order valence-corrected chi connectivity index (χ2v) is 17.0. The van der Waals surface area contributed by atoms with Gasteiger partial charge in [0.05, 0.1) is 0 Å². The number of unbranched alkanes of at least 4 members (excludes halogenated alkanes) is 14. The van der Waals surface area contributed by atoms with Crippen molar-refractivity contribution in [1.82, 2.24) is 0 Å². The highest BCUT2D eigenvalue weighted by atomic mass is 16.6. The molecular weight excluding hydrogens is 829 g/mol. The first-order valence-corrected chi connectivity index (χ1v) is 26.7. The molecule has 67 heavy (non-hydrogen) atoms. The third-order valence-corrected chi connectivity index (χ3v) is 10.7. The monoisotopic (exact) mass is 925 g/mol. The van der Waals surface area contributed by atoms with E-state index in [1.54, 1.807) is 0 Å². The second-order valence-electron chi connectivity index (χ2n) is 17.0. The van der Waals surface area contributed by atoms with Crippen LogP contribution < -0.4 is 0 Å². The minimum absolute atomic E-state index is 0.122. The van der Waals surface area contributed by atoms with E-state index in [1.807, 2.05) is 12.2 Å². The Morgan fingerprint density at radius 1 is 0.328 bits per heavy atom. The molecular formula is C61H96O6. The Balaban J connectivity index is 4.52. The molecule has 1 atom stereocenters. The number of ether oxygens (including phenoxy) is 3. The van der Waals surface area contributed by atoms with E-state index in [0.717, 1.165) is 116 Å². The largest absolute Gasteiger partial charge is 0.462 e. The van der Waals surface area contributed by atoms with Crippen LogP contribution in [-0.4, -0.2) is 37.2 Å². The fraction of sp³-hybridized carbons (Fsp3) is 0.590. The van der Waals surface area contributed by atoms with Crippen LogP contribution >= 0.6 is 0 Å². The third kappa shape index (κ3) is 52.4. The first kappa shape index (κ1) is 62.5. The Morgan fingerprint density at radius 2 is 0.657 bits per heavy atom. The van der Waals surface area contributed by atoms with Gasteiger partial charge in [-0.2, -0.15) is 0 Å². The average Bonchev–Trinajstić information content (AvgIpc) is 3.33. The van der Waals surface area contributed by atoms with Gasteiger partial charge in [-0.1, -0.05) is 219 Å². The summed E-state index contributed by atoms with van der Waals surface area (Å²) in [6.07, 6.45) is 75.9. The second kappa shape index (κ2) is 54.2. The Kier molecular flexibility index (Phi) is 50.6. The smallest absolute Gasteiger partial charge is 0.306 e. The summed E-state index contributed by atoms with van der Waals surface area (Å²) in [5.74, 6) is -1.05. The van der Waals surface area contributed by atoms with E-state index in [0.29, 0.717) is 19.3 Å². The van der Waals surface area contributed by atoms with Gasteiger partial charge in [0.1, 0.15) is 13.2 Å². The zero-order valence-electron chi connectivity index (χ0n) is 42.9. The van der Waals surface area contributed by atoms with Crippen LogP contribution in [-0.2, 0) is 28.6 Å². The number of esters is 3. The van der Waals surface area contributed by atoms with Crippen LogP contribution in [0.5, 0.6) is 0 Å². The van der Waals surface area contributed by atoms with Crippen molar-refractivity contribution in [1.29, 1.82) is 0 Å². The van der Waals surface area contributed by atoms with Gasteiger partial charge < -0.3 is 14.2 Å². The van der Waals surface area contributed by atoms with Crippen molar-refractivity contribution in [3.8, 4) is 0 Å². The molecule has 0 rings (SSSR count). The quantitative estimate of drug-likeness (QED) is 0.0199. The predicted octanol–water partition coefficient (Wildman–Crippen LogP) is 17.9. The molecule has 0 bridgehead atoms. The molecule has 0 aliphatic carbocycles. The Bertz CT molecular complexity index is 1480. The SMILES string of the molecule is CC/C=C\C/C=C\C/C=C\C/C=C\C/C=C\C/C=C\CCC(=O)OCC(COC(=O)CCCCC/C=C\C=C/CCCC)OC(=O)CCCCCCCCCCC/C=C\C/C=C\C/C=C\CC. The summed E-state index contributed by atoms with van der Waals surface area (Å²) in [5, 5.41) is 0. The van der Waals surface area contributed by atoms with E-state index < -0.39 is 6.10 Å². The van der Waals surface area contributed by atoms with E-state index in [1.165, 1.54) is 51.4 Å². The van der Waals surface area contributed by atoms with Crippen LogP contribution in [0.15, 0.2) is 134 Å². The number of carbonyl (C=O) groups excluding carboxylic acids is 3. The molecule has 0 saturated heterocycles. The summed E-state index contributed by atoms with van der Waals surface area (Å²) in [4.78, 5) is 38.0. The van der Waals surface area contributed by atoms with Gasteiger partial charge in [0.2, 0.25) is 0 Å². The van der Waals surface area contributed by atoms with Crippen LogP contribution in [0.25, 0.3) is 0 Å². The molecule has 0 N–H and O–H groups in total. The van der Waals surface area contributed by atoms with Crippen molar-refractivity contribution in [2.45, 2.75) is 219 Å². The van der Waals surface area contributed by atoms with Gasteiger partial charge in [-0.25, -0.2) is 0 Å². The van der Waals surface area contributed by atoms with Crippen LogP contribution in [0.2, 0.25) is 0 Å². The molecule has 0 aromatic carbocycles. The first-order valence-electron chi connectivity index (χ1n) is 26.7. The fourth-order valence-corrected chi connectivity index (χ4v) is 6.69. The summed E-state index contributed by atoms with van der Waals surface area (Å²) in [6, 6.07) is 0. The number of hydrogen-bond acceptors (Lipinski definition) is 6. The molecule has 0 radical (unpaired) electrons. The van der Waals surface area contributed by atoms with Gasteiger partial charge in [0.25, 0.3) is 0 Å². The number of hydrogen-bond donors (Lipinski definition) is 0. The summed E-state index contributed by atoms with van der Waals surface area (Å²) >= 11 is 0. The maximum Gasteiger partial charge on any atom is 0.306 e. The van der Waals surface area contributed by atoms with Gasteiger partial charge in [0, 0.05) is 19.3 Å². The summed E-state index contributed by atoms with van der Waals surface area (Å²) < 4.78 is 16.7. The van der Waals surface area contributed by atoms with Gasteiger partial charge in [0.15, 0.2) is 6.10 Å². The number of rotatable bonds is 46. The normalized spacial score (nSPS) is 13.2. The topological polar surface area (TPSA) is 78.9 Å². The third-order valence-electron chi connectivity index (χ3n) is 10.7. The van der Waals surface area contributed by atoms with Crippen LogP contribution in [0.4, 0.5) is 0 Å². The van der Waals surface area contributed by atoms with E-state index >= 15 is 0 Å². The molecule has 0 aliphatic heterocycles. The molecule has 1 unspecified atom stereocenters. The molecule has 0 heterocycles. The van der Waals surface area contributed by atoms with Crippen molar-refractivity contribution < 1.29 is 28.6 Å². The highest BCUT2D eigenvalue weighted by Crippen LogP contribution is 2.13. The lowest BCUT2D eigenvalue weighted by Gasteiger charge is -2.18. The van der Waals surface area contributed by atoms with Gasteiger partial charge in [-0.3, -0.25) is 14.4 Å². The van der Waals surface area contributed by atoms with Crippen LogP contribution in [0.1, 0.15) is 213 Å². The zero-order valence-corrected chi connectivity index (χ0v) is 42.9. The van der Waals surface area contributed by atoms with Crippen molar-refractivity contribution in [2.24, 2.45) is 0 Å². The molecule has 0 amide bonds. The molecule has 0 fully saturated rings. The lowest BCUT2D eigenvalue weighted by atomic mass is 10.1. The van der Waals surface area contributed by atoms with Crippen LogP contribution in [0.3, 0.4) is 0 Å². The predicted molar refractivity (Wildman–Crippen MR) is 288 cm³/mol. The average molecular weight is 925 g/mol. The summed E-state index contributed by atoms with van der Waals surface area (Å²) in [6.45, 7) is 6.25. The first-order chi connectivity index (χ1) is 33.0. The molecule has 6 nitrogen and oxygen atoms in total. The van der Waals surface area contributed by atoms with Gasteiger partial charge in [-0.15, -0.1) is 0 Å². The van der Waals surface area contributed by atoms with Crippen molar-refractivity contribution in [3.05, 3.63) is 134 Å². The van der Waals surface area contributed by atoms with Crippen molar-refractivity contribution in [2.75, 3.05) is 13.2 Å². The molecule has 0 spiro atoms. The highest BCUT2D eigenvalue weighted by Gasteiger charge is 2.19. The molecule has 0 saturated carbocycles. The van der Waals surface area contributed by atoms with Gasteiger partial charge in [-0.05, 0) is 109 Å². The minimum atomic E-state index is -0.827. The molecule has 6 heteroatoms. The van der Waals surface area contributed by atoms with E-state index in [9.17, 15) is 14.4 Å². The maximum atomic E-state index is 12.8. The van der Waals surface area contributed by atoms with E-state index in [2.05, 4.69) is 142 Å².